The lowest BCUT2D eigenvalue weighted by atomic mass is 9.98. The zero-order valence-corrected chi connectivity index (χ0v) is 22.8. The van der Waals surface area contributed by atoms with Gasteiger partial charge >= 0.3 is 17.9 Å². The molecule has 4 aliphatic heterocycles. The van der Waals surface area contributed by atoms with E-state index >= 15 is 0 Å². The van der Waals surface area contributed by atoms with E-state index in [1.54, 1.807) is 27.7 Å². The maximum atomic E-state index is 11.9. The summed E-state index contributed by atoms with van der Waals surface area (Å²) >= 11 is 0. The molecule has 0 spiro atoms. The standard InChI is InChI=1S/C24H35NO14/c1-10(26)30-8-13-16(32-11(2)27)18(33-12(3)28)15(25-29)21(34-13)31-9-14-17-19(37-23(4,5)36-17)20-22(35-14)39-24(6,7)38-20/h13-14,16-22,29H,8-9H2,1-7H3/b25-15-/t13-,14-,16+,17+,18-,19+,20-,21-,22-/m1/s1. The van der Waals surface area contributed by atoms with E-state index in [-0.39, 0.29) is 18.9 Å². The molecule has 15 nitrogen and oxygen atoms in total. The molecule has 0 radical (unpaired) electrons. The van der Waals surface area contributed by atoms with Crippen molar-refractivity contribution in [1.29, 1.82) is 0 Å². The van der Waals surface area contributed by atoms with Gasteiger partial charge in [-0.1, -0.05) is 5.16 Å². The minimum absolute atomic E-state index is 0.178. The zero-order chi connectivity index (χ0) is 28.7. The van der Waals surface area contributed by atoms with Crippen LogP contribution in [-0.2, 0) is 61.8 Å². The second-order valence-electron chi connectivity index (χ2n) is 10.5. The van der Waals surface area contributed by atoms with Crippen molar-refractivity contribution in [3.8, 4) is 0 Å². The van der Waals surface area contributed by atoms with Crippen molar-refractivity contribution in [3.63, 3.8) is 0 Å². The van der Waals surface area contributed by atoms with Gasteiger partial charge in [-0.2, -0.15) is 0 Å². The SMILES string of the molecule is CC(=O)OC[C@H]1O[C@@H](OC[C@H]2O[C@@H]3OC(C)(C)O[C@@H]3[C@H]3OC(C)(C)O[C@H]32)/C(=N\O)[C@@H](OC(C)=O)[C@H]1OC(C)=O. The Hall–Kier alpha value is -2.40. The summed E-state index contributed by atoms with van der Waals surface area (Å²) in [6, 6.07) is 0. The van der Waals surface area contributed by atoms with Gasteiger partial charge in [-0.25, -0.2) is 0 Å². The van der Waals surface area contributed by atoms with Crippen molar-refractivity contribution in [3.05, 3.63) is 0 Å². The Kier molecular flexibility index (Phi) is 8.52. The number of oxime groups is 1. The van der Waals surface area contributed by atoms with Gasteiger partial charge in [-0.05, 0) is 27.7 Å². The Morgan fingerprint density at radius 1 is 0.795 bits per heavy atom. The van der Waals surface area contributed by atoms with Crippen molar-refractivity contribution < 1.29 is 67.0 Å². The fraction of sp³-hybridized carbons (Fsp3) is 0.833. The first-order valence-corrected chi connectivity index (χ1v) is 12.5. The van der Waals surface area contributed by atoms with Crippen molar-refractivity contribution in [1.82, 2.24) is 0 Å². The predicted octanol–water partition coefficient (Wildman–Crippen LogP) is 0.381. The van der Waals surface area contributed by atoms with Gasteiger partial charge in [0.15, 0.2) is 35.8 Å². The van der Waals surface area contributed by atoms with Crippen LogP contribution in [0.15, 0.2) is 5.16 Å². The zero-order valence-electron chi connectivity index (χ0n) is 22.8. The highest BCUT2D eigenvalue weighted by Crippen LogP contribution is 2.44. The number of nitrogens with zero attached hydrogens (tertiary/aromatic N) is 1. The Balaban J connectivity index is 1.55. The van der Waals surface area contributed by atoms with E-state index in [9.17, 15) is 19.6 Å². The van der Waals surface area contributed by atoms with Gasteiger partial charge in [0.25, 0.3) is 0 Å². The molecule has 0 bridgehead atoms. The molecule has 0 aromatic rings. The van der Waals surface area contributed by atoms with Gasteiger partial charge in [-0.15, -0.1) is 0 Å². The van der Waals surface area contributed by atoms with E-state index in [2.05, 4.69) is 5.16 Å². The highest BCUT2D eigenvalue weighted by atomic mass is 16.9. The van der Waals surface area contributed by atoms with Gasteiger partial charge in [0.1, 0.15) is 37.1 Å². The minimum Gasteiger partial charge on any atom is -0.463 e. The third-order valence-electron chi connectivity index (χ3n) is 6.32. The summed E-state index contributed by atoms with van der Waals surface area (Å²) in [6.45, 7) is 9.94. The minimum atomic E-state index is -1.42. The molecule has 0 aromatic heterocycles. The summed E-state index contributed by atoms with van der Waals surface area (Å²) in [4.78, 5) is 35.2. The smallest absolute Gasteiger partial charge is 0.303 e. The van der Waals surface area contributed by atoms with Crippen molar-refractivity contribution in [2.24, 2.45) is 5.16 Å². The number of rotatable bonds is 7. The third kappa shape index (κ3) is 6.67. The average Bonchev–Trinajstić information content (AvgIpc) is 3.30. The second kappa shape index (κ2) is 11.2. The van der Waals surface area contributed by atoms with Gasteiger partial charge in [-0.3, -0.25) is 14.4 Å². The van der Waals surface area contributed by atoms with E-state index in [1.807, 2.05) is 0 Å². The number of esters is 3. The summed E-state index contributed by atoms with van der Waals surface area (Å²) in [5.41, 5.74) is -0.286. The first-order valence-electron chi connectivity index (χ1n) is 12.5. The van der Waals surface area contributed by atoms with Gasteiger partial charge in [0, 0.05) is 20.8 Å². The Morgan fingerprint density at radius 2 is 1.41 bits per heavy atom. The number of carbonyl (C=O) groups is 3. The lowest BCUT2D eigenvalue weighted by molar-refractivity contribution is -0.262. The van der Waals surface area contributed by atoms with Gasteiger partial charge in [0.2, 0.25) is 6.29 Å². The van der Waals surface area contributed by atoms with Crippen LogP contribution in [-0.4, -0.2) is 109 Å². The molecule has 0 amide bonds. The third-order valence-corrected chi connectivity index (χ3v) is 6.32. The topological polar surface area (TPSA) is 176 Å². The van der Waals surface area contributed by atoms with Crippen LogP contribution in [0.25, 0.3) is 0 Å². The second-order valence-corrected chi connectivity index (χ2v) is 10.5. The predicted molar refractivity (Wildman–Crippen MR) is 124 cm³/mol. The van der Waals surface area contributed by atoms with Crippen LogP contribution in [0.4, 0.5) is 0 Å². The molecule has 4 rings (SSSR count). The molecule has 0 aromatic carbocycles. The molecule has 220 valence electrons. The van der Waals surface area contributed by atoms with Crippen molar-refractivity contribution >= 4 is 23.6 Å². The van der Waals surface area contributed by atoms with E-state index < -0.39 is 84.8 Å². The molecule has 15 heteroatoms. The summed E-state index contributed by atoms with van der Waals surface area (Å²) in [7, 11) is 0. The van der Waals surface area contributed by atoms with E-state index in [1.165, 1.54) is 6.92 Å². The highest BCUT2D eigenvalue weighted by Gasteiger charge is 2.61. The fourth-order valence-corrected chi connectivity index (χ4v) is 5.01. The first-order chi connectivity index (χ1) is 18.2. The molecule has 0 aliphatic carbocycles. The van der Waals surface area contributed by atoms with Crippen LogP contribution in [0.3, 0.4) is 0 Å². The van der Waals surface area contributed by atoms with Crippen LogP contribution in [0.5, 0.6) is 0 Å². The molecule has 1 N–H and O–H groups in total. The number of hydrogen-bond donors (Lipinski definition) is 1. The van der Waals surface area contributed by atoms with Crippen LogP contribution in [0, 0.1) is 0 Å². The highest BCUT2D eigenvalue weighted by molar-refractivity contribution is 5.94. The van der Waals surface area contributed by atoms with Crippen LogP contribution >= 0.6 is 0 Å². The molecule has 0 unspecified atom stereocenters. The molecule has 39 heavy (non-hydrogen) atoms. The maximum Gasteiger partial charge on any atom is 0.303 e. The molecule has 4 heterocycles. The molecule has 4 aliphatic rings. The molecular formula is C24H35NO14. The van der Waals surface area contributed by atoms with Gasteiger partial charge < -0.3 is 52.6 Å². The van der Waals surface area contributed by atoms with Crippen LogP contribution in [0.1, 0.15) is 48.5 Å². The van der Waals surface area contributed by atoms with Crippen molar-refractivity contribution in [2.45, 2.75) is 115 Å². The number of ether oxygens (including phenoxy) is 10. The van der Waals surface area contributed by atoms with Gasteiger partial charge in [0.05, 0.1) is 6.61 Å². The molecule has 4 saturated heterocycles. The maximum absolute atomic E-state index is 11.9. The Labute approximate surface area is 224 Å². The van der Waals surface area contributed by atoms with Crippen LogP contribution < -0.4 is 0 Å². The van der Waals surface area contributed by atoms with Crippen LogP contribution in [0.2, 0.25) is 0 Å². The number of hydrogen-bond acceptors (Lipinski definition) is 15. The quantitative estimate of drug-likeness (QED) is 0.195. The normalized spacial score (nSPS) is 39.5. The lowest BCUT2D eigenvalue weighted by Crippen LogP contribution is -2.61. The summed E-state index contributed by atoms with van der Waals surface area (Å²) in [6.07, 6.45) is -8.48. The largest absolute Gasteiger partial charge is 0.463 e. The van der Waals surface area contributed by atoms with Crippen molar-refractivity contribution in [2.75, 3.05) is 13.2 Å². The summed E-state index contributed by atoms with van der Waals surface area (Å²) in [5.74, 6) is -3.96. The Morgan fingerprint density at radius 3 is 2.03 bits per heavy atom. The lowest BCUT2D eigenvalue weighted by Gasteiger charge is -2.41. The molecule has 4 fully saturated rings. The first kappa shape index (κ1) is 29.6. The average molecular weight is 562 g/mol. The molecule has 9 atom stereocenters. The van der Waals surface area contributed by atoms with E-state index in [0.717, 1.165) is 13.8 Å². The van der Waals surface area contributed by atoms with E-state index in [0.29, 0.717) is 0 Å². The number of fused-ring (bicyclic) bond motifs is 3. The number of carbonyl (C=O) groups excluding carboxylic acids is 3. The van der Waals surface area contributed by atoms with E-state index in [4.69, 9.17) is 47.4 Å². The fourth-order valence-electron chi connectivity index (χ4n) is 5.01. The molecule has 0 saturated carbocycles. The Bertz CT molecular complexity index is 982. The summed E-state index contributed by atoms with van der Waals surface area (Å²) in [5, 5.41) is 13.1. The molecular weight excluding hydrogens is 526 g/mol. The monoisotopic (exact) mass is 561 g/mol. The summed E-state index contributed by atoms with van der Waals surface area (Å²) < 4.78 is 57.7.